The van der Waals surface area contributed by atoms with E-state index in [9.17, 15) is 17.3 Å². The highest BCUT2D eigenvalue weighted by Gasteiger charge is 2.35. The second-order valence-electron chi connectivity index (χ2n) is 15.6. The quantitative estimate of drug-likeness (QED) is 0.0199. The van der Waals surface area contributed by atoms with Crippen LogP contribution in [-0.2, 0) is 0 Å². The molecule has 0 rings (SSSR count). The Morgan fingerprint density at radius 2 is 0.420 bits per heavy atom. The van der Waals surface area contributed by atoms with Crippen LogP contribution in [-0.4, -0.2) is 44.2 Å². The van der Waals surface area contributed by atoms with E-state index in [1.165, 1.54) is 230 Å². The smallest absolute Gasteiger partial charge is 0.418 e. The first-order valence-electron chi connectivity index (χ1n) is 22.4. The number of halogens is 4. The summed E-state index contributed by atoms with van der Waals surface area (Å²) < 4.78 is 45.7. The molecule has 0 atom stereocenters. The lowest BCUT2D eigenvalue weighted by Crippen LogP contribution is -2.10. The Hall–Kier alpha value is 0.355. The third-order valence-corrected chi connectivity index (χ3v) is 20.4. The van der Waals surface area contributed by atoms with Crippen LogP contribution in [0, 0.1) is 0 Å². The summed E-state index contributed by atoms with van der Waals surface area (Å²) in [7, 11) is -8.55. The van der Waals surface area contributed by atoms with Gasteiger partial charge in [-0.15, -0.1) is 0 Å². The molecule has 0 N–H and O–H groups in total. The lowest BCUT2D eigenvalue weighted by molar-refractivity contribution is 0.368. The van der Waals surface area contributed by atoms with Crippen LogP contribution in [0.25, 0.3) is 0 Å². The molecule has 0 spiro atoms. The largest absolute Gasteiger partial charge is 0.673 e. The summed E-state index contributed by atoms with van der Waals surface area (Å²) in [5.74, 6) is 0. The van der Waals surface area contributed by atoms with E-state index in [0.717, 1.165) is 0 Å². The minimum atomic E-state index is -6.00. The molecule has 1 nitrogen and oxygen atoms in total. The van der Waals surface area contributed by atoms with Crippen LogP contribution in [0.5, 0.6) is 0 Å². The van der Waals surface area contributed by atoms with Gasteiger partial charge in [-0.1, -0.05) is 196 Å². The highest BCUT2D eigenvalue weighted by Crippen LogP contribution is 2.56. The van der Waals surface area contributed by atoms with Crippen molar-refractivity contribution in [3.63, 3.8) is 0 Å². The molecule has 0 aromatic carbocycles. The third kappa shape index (κ3) is 36.7. The molecule has 0 aliphatic rings. The van der Waals surface area contributed by atoms with Crippen LogP contribution in [0.1, 0.15) is 234 Å². The van der Waals surface area contributed by atoms with Crippen molar-refractivity contribution in [1.82, 2.24) is 4.17 Å². The first-order chi connectivity index (χ1) is 24.1. The fourth-order valence-corrected chi connectivity index (χ4v) is 19.0. The number of hydrogen-bond donors (Lipinski definition) is 0. The molecule has 0 radical (unpaired) electrons. The van der Waals surface area contributed by atoms with Gasteiger partial charge in [0.25, 0.3) is 0 Å². The lowest BCUT2D eigenvalue weighted by atomic mass is 10.2. The summed E-state index contributed by atoms with van der Waals surface area (Å²) in [5.41, 5.74) is 0. The summed E-state index contributed by atoms with van der Waals surface area (Å²) in [6.45, 7) is 14.2. The summed E-state index contributed by atoms with van der Waals surface area (Å²) >= 11 is 0. The Bertz CT molecular complexity index is 666. The molecule has 0 saturated carbocycles. The Morgan fingerprint density at radius 1 is 0.280 bits per heavy atom. The van der Waals surface area contributed by atoms with E-state index in [1.54, 1.807) is 0 Å². The van der Waals surface area contributed by atoms with Crippen molar-refractivity contribution >= 4 is 21.4 Å². The zero-order valence-corrected chi connectivity index (χ0v) is 36.7. The van der Waals surface area contributed by atoms with Crippen molar-refractivity contribution in [3.8, 4) is 0 Å². The van der Waals surface area contributed by atoms with Crippen LogP contribution in [0.15, 0.2) is 0 Å². The first-order valence-corrected chi connectivity index (χ1v) is 27.0. The van der Waals surface area contributed by atoms with Crippen LogP contribution in [0.2, 0.25) is 0 Å². The van der Waals surface area contributed by atoms with Gasteiger partial charge in [0.05, 0.1) is 0 Å². The molecule has 304 valence electrons. The molecule has 0 bridgehead atoms. The topological polar surface area (TPSA) is 14.1 Å². The molecule has 0 aromatic heterocycles. The second-order valence-corrected chi connectivity index (χ2v) is 23.4. The first kappa shape index (κ1) is 52.5. The van der Waals surface area contributed by atoms with Crippen molar-refractivity contribution < 1.29 is 17.3 Å². The number of rotatable bonds is 36. The van der Waals surface area contributed by atoms with Gasteiger partial charge in [0.1, 0.15) is 0 Å². The molecular weight excluding hydrogens is 667 g/mol. The van der Waals surface area contributed by atoms with E-state index in [1.807, 2.05) is 0 Å². The number of nitrogens with zero attached hydrogens (tertiary/aromatic N) is 1. The van der Waals surface area contributed by atoms with Crippen molar-refractivity contribution in [2.75, 3.05) is 37.0 Å². The van der Waals surface area contributed by atoms with Gasteiger partial charge in [-0.25, -0.2) is 0 Å². The lowest BCUT2D eigenvalue weighted by Gasteiger charge is -2.20. The maximum Gasteiger partial charge on any atom is 0.673 e. The minimum Gasteiger partial charge on any atom is -0.418 e. The highest BCUT2D eigenvalue weighted by molar-refractivity contribution is 7.73. The maximum absolute atomic E-state index is 9.75. The highest BCUT2D eigenvalue weighted by atomic mass is 31.2. The van der Waals surface area contributed by atoms with Gasteiger partial charge in [-0.2, -0.15) is 4.17 Å². The Morgan fingerprint density at radius 3 is 0.560 bits per heavy atom. The Balaban J connectivity index is 0. The van der Waals surface area contributed by atoms with Gasteiger partial charge in [0.15, 0.2) is 0 Å². The van der Waals surface area contributed by atoms with Gasteiger partial charge in [-0.3, -0.25) is 0 Å². The second kappa shape index (κ2) is 37.7. The number of unbranched alkanes of at least 4 members (excludes halogenated alkanes) is 24. The molecule has 0 heterocycles. The third-order valence-electron chi connectivity index (χ3n) is 10.4. The normalized spacial score (nSPS) is 12.2. The molecule has 8 heteroatoms. The molecule has 0 aliphatic heterocycles. The molecule has 0 amide bonds. The predicted octanol–water partition coefficient (Wildman–Crippen LogP) is 17.6. The standard InChI is InChI=1S/C42H90NP2.BF4/c1-7-13-19-25-31-37-44(38-32-26-20-14-8-2,39-33-27-21-15-9-3)43-45(40-34-28-22-16-10-4,41-35-29-23-17-11-5)42-36-30-24-18-12-6;2-1(3,4)5/h7-42H2,1-6H3;/q+1;-1. The Labute approximate surface area is 313 Å². The van der Waals surface area contributed by atoms with E-state index in [2.05, 4.69) is 41.5 Å². The summed E-state index contributed by atoms with van der Waals surface area (Å²) in [5, 5.41) is 0. The zero-order chi connectivity index (χ0) is 37.7. The van der Waals surface area contributed by atoms with E-state index in [0.29, 0.717) is 0 Å². The van der Waals surface area contributed by atoms with Crippen molar-refractivity contribution in [3.05, 3.63) is 0 Å². The van der Waals surface area contributed by atoms with Gasteiger partial charge >= 0.3 is 7.25 Å². The fraction of sp³-hybridized carbons (Fsp3) is 1.00. The van der Waals surface area contributed by atoms with Crippen molar-refractivity contribution in [2.45, 2.75) is 234 Å². The zero-order valence-electron chi connectivity index (χ0n) is 34.9. The van der Waals surface area contributed by atoms with Crippen LogP contribution >= 0.6 is 14.1 Å². The van der Waals surface area contributed by atoms with E-state index >= 15 is 0 Å². The van der Waals surface area contributed by atoms with Crippen LogP contribution < -0.4 is 4.17 Å². The molecule has 0 unspecified atom stereocenters. The molecule has 0 aliphatic carbocycles. The monoisotopic (exact) mass is 758 g/mol. The summed E-state index contributed by atoms with van der Waals surface area (Å²) in [4.78, 5) is 0. The van der Waals surface area contributed by atoms with Crippen molar-refractivity contribution in [1.29, 1.82) is 0 Å². The maximum atomic E-state index is 9.75. The Kier molecular flexibility index (Phi) is 39.5. The summed E-state index contributed by atoms with van der Waals surface area (Å²) in [6, 6.07) is 0. The summed E-state index contributed by atoms with van der Waals surface area (Å²) in [6.07, 6.45) is 52.2. The van der Waals surface area contributed by atoms with Gasteiger partial charge in [0.2, 0.25) is 14.1 Å². The molecule has 50 heavy (non-hydrogen) atoms. The van der Waals surface area contributed by atoms with Gasteiger partial charge in [-0.05, 0) is 38.5 Å². The SMILES string of the molecule is CCCCCCCP(CCCCCCC)(CCCCCCC)=[N+]=P(CCCCCCC)(CCCCCCC)CCCCCCC.F[B-](F)(F)F. The number of hydrogen-bond acceptors (Lipinski definition) is 0. The molecule has 0 saturated heterocycles. The minimum absolute atomic E-state index is 1.27. The molecule has 0 fully saturated rings. The van der Waals surface area contributed by atoms with Crippen LogP contribution in [0.3, 0.4) is 0 Å². The van der Waals surface area contributed by atoms with Gasteiger partial charge in [0, 0.05) is 37.0 Å². The molecule has 0 aromatic rings. The van der Waals surface area contributed by atoms with E-state index < -0.39 is 21.4 Å². The average molecular weight is 758 g/mol. The average Bonchev–Trinajstić information content (AvgIpc) is 3.07. The van der Waals surface area contributed by atoms with Gasteiger partial charge < -0.3 is 17.3 Å². The van der Waals surface area contributed by atoms with Crippen LogP contribution in [0.4, 0.5) is 17.3 Å². The predicted molar refractivity (Wildman–Crippen MR) is 228 cm³/mol. The van der Waals surface area contributed by atoms with E-state index in [4.69, 9.17) is 4.17 Å². The fourth-order valence-electron chi connectivity index (χ4n) is 7.40. The van der Waals surface area contributed by atoms with Crippen molar-refractivity contribution in [2.24, 2.45) is 0 Å². The molecular formula is C42H90BF4NP2. The van der Waals surface area contributed by atoms with E-state index in [-0.39, 0.29) is 0 Å².